The number of nitrogens with zero attached hydrogens (tertiary/aromatic N) is 1. The van der Waals surface area contributed by atoms with Crippen LogP contribution in [0.15, 0.2) is 89.9 Å². The first-order chi connectivity index (χ1) is 14.6. The molecule has 4 aromatic rings. The normalized spacial score (nSPS) is 10.7. The van der Waals surface area contributed by atoms with E-state index in [4.69, 9.17) is 16.3 Å². The van der Waals surface area contributed by atoms with Gasteiger partial charge in [0.25, 0.3) is 0 Å². The third-order valence-electron chi connectivity index (χ3n) is 4.64. The van der Waals surface area contributed by atoms with Gasteiger partial charge < -0.3 is 14.6 Å². The van der Waals surface area contributed by atoms with E-state index in [9.17, 15) is 9.59 Å². The van der Waals surface area contributed by atoms with E-state index in [1.54, 1.807) is 41.1 Å². The molecule has 0 radical (unpaired) electrons. The van der Waals surface area contributed by atoms with Crippen molar-refractivity contribution in [2.24, 2.45) is 0 Å². The first kappa shape index (κ1) is 19.7. The molecule has 0 atom stereocenters. The van der Waals surface area contributed by atoms with E-state index in [0.29, 0.717) is 28.2 Å². The van der Waals surface area contributed by atoms with E-state index in [2.05, 4.69) is 5.32 Å². The molecular formula is C24H19ClN2O3. The van der Waals surface area contributed by atoms with Crippen molar-refractivity contribution in [3.05, 3.63) is 106 Å². The second-order valence-electron chi connectivity index (χ2n) is 6.82. The molecule has 4 rings (SSSR count). The molecule has 0 saturated carbocycles. The highest BCUT2D eigenvalue weighted by Crippen LogP contribution is 2.19. The van der Waals surface area contributed by atoms with Crippen molar-refractivity contribution < 1.29 is 9.53 Å². The number of rotatable bonds is 6. The fourth-order valence-electron chi connectivity index (χ4n) is 3.15. The lowest BCUT2D eigenvalue weighted by Crippen LogP contribution is -2.20. The molecule has 0 fully saturated rings. The summed E-state index contributed by atoms with van der Waals surface area (Å²) in [5.41, 5.74) is 2.28. The molecule has 1 heterocycles. The van der Waals surface area contributed by atoms with Crippen LogP contribution in [0, 0.1) is 0 Å². The molecular weight excluding hydrogens is 400 g/mol. The first-order valence-corrected chi connectivity index (χ1v) is 9.82. The summed E-state index contributed by atoms with van der Waals surface area (Å²) in [6.45, 7) is 0.556. The van der Waals surface area contributed by atoms with Crippen LogP contribution in [0.1, 0.15) is 5.56 Å². The van der Waals surface area contributed by atoms with Gasteiger partial charge in [0, 0.05) is 28.4 Å². The van der Waals surface area contributed by atoms with E-state index in [1.807, 2.05) is 42.5 Å². The Morgan fingerprint density at radius 3 is 2.50 bits per heavy atom. The van der Waals surface area contributed by atoms with Gasteiger partial charge in [-0.3, -0.25) is 9.59 Å². The second-order valence-corrected chi connectivity index (χ2v) is 7.25. The molecule has 3 aromatic carbocycles. The van der Waals surface area contributed by atoms with Crippen LogP contribution in [0.3, 0.4) is 0 Å². The van der Waals surface area contributed by atoms with Gasteiger partial charge in [0.2, 0.25) is 5.91 Å². The quantitative estimate of drug-likeness (QED) is 0.485. The summed E-state index contributed by atoms with van der Waals surface area (Å²) in [5.74, 6) is 0.521. The average Bonchev–Trinajstić information content (AvgIpc) is 2.76. The largest absolute Gasteiger partial charge is 0.489 e. The summed E-state index contributed by atoms with van der Waals surface area (Å²) in [4.78, 5) is 24.6. The number of amides is 1. The number of carbonyl (C=O) groups excluding carboxylic acids is 1. The van der Waals surface area contributed by atoms with Crippen LogP contribution >= 0.6 is 11.6 Å². The maximum Gasteiger partial charge on any atom is 0.244 e. The smallest absolute Gasteiger partial charge is 0.244 e. The van der Waals surface area contributed by atoms with E-state index >= 15 is 0 Å². The number of ether oxygens (including phenoxy) is 1. The number of benzene rings is 3. The molecule has 1 N–H and O–H groups in total. The van der Waals surface area contributed by atoms with Crippen LogP contribution in [-0.2, 0) is 17.9 Å². The van der Waals surface area contributed by atoms with E-state index in [1.165, 1.54) is 6.07 Å². The summed E-state index contributed by atoms with van der Waals surface area (Å²) < 4.78 is 7.48. The summed E-state index contributed by atoms with van der Waals surface area (Å²) in [6.07, 6.45) is 1.61. The third-order valence-corrected chi connectivity index (χ3v) is 4.87. The lowest BCUT2D eigenvalue weighted by atomic mass is 10.2. The zero-order valence-electron chi connectivity index (χ0n) is 16.0. The van der Waals surface area contributed by atoms with Gasteiger partial charge in [-0.05, 0) is 48.0 Å². The fourth-order valence-corrected chi connectivity index (χ4v) is 3.32. The minimum atomic E-state index is -0.201. The van der Waals surface area contributed by atoms with Crippen LogP contribution in [0.5, 0.6) is 5.75 Å². The van der Waals surface area contributed by atoms with Crippen molar-refractivity contribution in [1.29, 1.82) is 0 Å². The molecule has 0 aliphatic rings. The monoisotopic (exact) mass is 418 g/mol. The maximum absolute atomic E-state index is 12.5. The molecule has 0 saturated heterocycles. The Bertz CT molecular complexity index is 1240. The number of nitrogens with one attached hydrogen (secondary N) is 1. The molecule has 1 aromatic heterocycles. The number of carbonyl (C=O) groups is 1. The lowest BCUT2D eigenvalue weighted by Gasteiger charge is -2.12. The van der Waals surface area contributed by atoms with Gasteiger partial charge in [0.1, 0.15) is 18.9 Å². The Morgan fingerprint density at radius 2 is 1.73 bits per heavy atom. The SMILES string of the molecule is O=C(Cn1ccc(=O)c2cc(Cl)ccc21)Nc1ccc(OCc2ccccc2)cc1. The van der Waals surface area contributed by atoms with Crippen LogP contribution in [0.2, 0.25) is 5.02 Å². The number of hydrogen-bond acceptors (Lipinski definition) is 3. The number of halogens is 1. The summed E-state index contributed by atoms with van der Waals surface area (Å²) in [6, 6.07) is 23.6. The molecule has 150 valence electrons. The van der Waals surface area contributed by atoms with Gasteiger partial charge in [0.05, 0.1) is 5.52 Å². The van der Waals surface area contributed by atoms with Crippen molar-refractivity contribution in [2.45, 2.75) is 13.2 Å². The molecule has 5 nitrogen and oxygen atoms in total. The Hall–Kier alpha value is -3.57. The highest BCUT2D eigenvalue weighted by atomic mass is 35.5. The minimum Gasteiger partial charge on any atom is -0.489 e. The highest BCUT2D eigenvalue weighted by molar-refractivity contribution is 6.31. The van der Waals surface area contributed by atoms with Crippen LogP contribution in [-0.4, -0.2) is 10.5 Å². The number of aromatic nitrogens is 1. The summed E-state index contributed by atoms with van der Waals surface area (Å²) in [5, 5.41) is 3.83. The molecule has 0 spiro atoms. The molecule has 1 amide bonds. The summed E-state index contributed by atoms with van der Waals surface area (Å²) in [7, 11) is 0. The number of anilines is 1. The topological polar surface area (TPSA) is 60.3 Å². The van der Waals surface area contributed by atoms with Crippen LogP contribution in [0.25, 0.3) is 10.9 Å². The van der Waals surface area contributed by atoms with Crippen molar-refractivity contribution in [1.82, 2.24) is 4.57 Å². The molecule has 6 heteroatoms. The highest BCUT2D eigenvalue weighted by Gasteiger charge is 2.08. The Morgan fingerprint density at radius 1 is 0.967 bits per heavy atom. The first-order valence-electron chi connectivity index (χ1n) is 9.44. The van der Waals surface area contributed by atoms with E-state index in [-0.39, 0.29) is 17.9 Å². The van der Waals surface area contributed by atoms with Crippen molar-refractivity contribution in [2.75, 3.05) is 5.32 Å². The maximum atomic E-state index is 12.5. The van der Waals surface area contributed by atoms with Gasteiger partial charge >= 0.3 is 0 Å². The zero-order chi connectivity index (χ0) is 20.9. The predicted molar refractivity (Wildman–Crippen MR) is 119 cm³/mol. The predicted octanol–water partition coefficient (Wildman–Crippen LogP) is 4.87. The van der Waals surface area contributed by atoms with Gasteiger partial charge in [0.15, 0.2) is 5.43 Å². The fraction of sp³-hybridized carbons (Fsp3) is 0.0833. The summed E-state index contributed by atoms with van der Waals surface area (Å²) >= 11 is 5.99. The molecule has 0 aliphatic heterocycles. The van der Waals surface area contributed by atoms with Gasteiger partial charge in [-0.25, -0.2) is 0 Å². The van der Waals surface area contributed by atoms with Crippen molar-refractivity contribution in [3.8, 4) is 5.75 Å². The lowest BCUT2D eigenvalue weighted by molar-refractivity contribution is -0.116. The molecule has 0 aliphatic carbocycles. The second kappa shape index (κ2) is 8.84. The number of hydrogen-bond donors (Lipinski definition) is 1. The number of fused-ring (bicyclic) bond motifs is 1. The van der Waals surface area contributed by atoms with Gasteiger partial charge in [-0.15, -0.1) is 0 Å². The Kier molecular flexibility index (Phi) is 5.82. The van der Waals surface area contributed by atoms with E-state index < -0.39 is 0 Å². The van der Waals surface area contributed by atoms with Crippen molar-refractivity contribution in [3.63, 3.8) is 0 Å². The Labute approximate surface area is 178 Å². The van der Waals surface area contributed by atoms with E-state index in [0.717, 1.165) is 11.3 Å². The average molecular weight is 419 g/mol. The molecule has 0 bridgehead atoms. The standard InChI is InChI=1S/C24H19ClN2O3/c25-18-6-11-22-21(14-18)23(28)12-13-27(22)15-24(29)26-19-7-9-20(10-8-19)30-16-17-4-2-1-3-5-17/h1-14H,15-16H2,(H,26,29). The third kappa shape index (κ3) is 4.70. The minimum absolute atomic E-state index is 0.0741. The van der Waals surface area contributed by atoms with Crippen LogP contribution in [0.4, 0.5) is 5.69 Å². The molecule has 30 heavy (non-hydrogen) atoms. The van der Waals surface area contributed by atoms with Gasteiger partial charge in [-0.1, -0.05) is 41.9 Å². The van der Waals surface area contributed by atoms with Crippen molar-refractivity contribution >= 4 is 34.1 Å². The van der Waals surface area contributed by atoms with Crippen LogP contribution < -0.4 is 15.5 Å². The zero-order valence-corrected chi connectivity index (χ0v) is 16.8. The molecule has 0 unspecified atom stereocenters. The number of pyridine rings is 1. The Balaban J connectivity index is 1.40. The van der Waals surface area contributed by atoms with Gasteiger partial charge in [-0.2, -0.15) is 0 Å².